The van der Waals surface area contributed by atoms with Gasteiger partial charge in [-0.15, -0.1) is 0 Å². The molecule has 0 radical (unpaired) electrons. The number of nitrogens with zero attached hydrogens (tertiary/aromatic N) is 2. The highest BCUT2D eigenvalue weighted by atomic mass is 79.9. The maximum absolute atomic E-state index is 10.5. The zero-order chi connectivity index (χ0) is 11.0. The molecule has 0 aliphatic rings. The largest absolute Gasteiger partial charge is 0.492 e. The van der Waals surface area contributed by atoms with Gasteiger partial charge in [-0.05, 0) is 28.1 Å². The van der Waals surface area contributed by atoms with Crippen LogP contribution in [0.4, 0.5) is 5.69 Å². The van der Waals surface area contributed by atoms with Crippen LogP contribution >= 0.6 is 15.9 Å². The lowest BCUT2D eigenvalue weighted by molar-refractivity contribution is -0.384. The summed E-state index contributed by atoms with van der Waals surface area (Å²) in [5.74, 6) is -0.128. The Morgan fingerprint density at radius 3 is 2.80 bits per heavy atom. The van der Waals surface area contributed by atoms with Crippen LogP contribution in [0.3, 0.4) is 0 Å². The van der Waals surface area contributed by atoms with Crippen LogP contribution in [0.15, 0.2) is 28.7 Å². The van der Waals surface area contributed by atoms with E-state index in [-0.39, 0.29) is 11.6 Å². The van der Waals surface area contributed by atoms with Gasteiger partial charge in [0, 0.05) is 17.5 Å². The Morgan fingerprint density at radius 2 is 2.13 bits per heavy atom. The first-order chi connectivity index (χ1) is 7.08. The molecule has 0 aliphatic heterocycles. The molecule has 0 spiro atoms. The highest BCUT2D eigenvalue weighted by molar-refractivity contribution is 9.10. The molecule has 0 atom stereocenters. The smallest absolute Gasteiger partial charge is 0.270 e. The summed E-state index contributed by atoms with van der Waals surface area (Å²) in [6, 6.07) is 5.85. The number of fused-ring (bicyclic) bond motifs is 1. The summed E-state index contributed by atoms with van der Waals surface area (Å²) < 4.78 is 0.412. The summed E-state index contributed by atoms with van der Waals surface area (Å²) in [6.07, 6.45) is 0. The Bertz CT molecular complexity index is 556. The summed E-state index contributed by atoms with van der Waals surface area (Å²) in [6.45, 7) is 0. The van der Waals surface area contributed by atoms with Gasteiger partial charge in [0.05, 0.1) is 14.9 Å². The van der Waals surface area contributed by atoms with Gasteiger partial charge in [-0.25, -0.2) is 4.98 Å². The molecule has 15 heavy (non-hydrogen) atoms. The molecule has 1 N–H and O–H groups in total. The van der Waals surface area contributed by atoms with Crippen LogP contribution in [-0.4, -0.2) is 15.0 Å². The average molecular weight is 269 g/mol. The van der Waals surface area contributed by atoms with Gasteiger partial charge < -0.3 is 5.11 Å². The van der Waals surface area contributed by atoms with Crippen LogP contribution in [-0.2, 0) is 0 Å². The van der Waals surface area contributed by atoms with Gasteiger partial charge in [-0.2, -0.15) is 0 Å². The molecule has 2 rings (SSSR count). The number of pyridine rings is 1. The summed E-state index contributed by atoms with van der Waals surface area (Å²) in [4.78, 5) is 13.9. The second-order valence-corrected chi connectivity index (χ2v) is 3.78. The zero-order valence-corrected chi connectivity index (χ0v) is 8.93. The second-order valence-electron chi connectivity index (χ2n) is 2.93. The molecular weight excluding hydrogens is 264 g/mol. The molecule has 1 aromatic heterocycles. The van der Waals surface area contributed by atoms with Crippen LogP contribution in [0.1, 0.15) is 0 Å². The number of rotatable bonds is 1. The molecule has 0 bridgehead atoms. The number of nitro benzene ring substituents is 1. The van der Waals surface area contributed by atoms with Crippen molar-refractivity contribution in [3.63, 3.8) is 0 Å². The summed E-state index contributed by atoms with van der Waals surface area (Å²) >= 11 is 3.10. The number of aromatic hydroxyl groups is 1. The van der Waals surface area contributed by atoms with E-state index in [4.69, 9.17) is 0 Å². The minimum absolute atomic E-state index is 0.00175. The van der Waals surface area contributed by atoms with E-state index in [1.54, 1.807) is 6.07 Å². The van der Waals surface area contributed by atoms with Crippen molar-refractivity contribution < 1.29 is 10.0 Å². The first kappa shape index (κ1) is 9.85. The van der Waals surface area contributed by atoms with Gasteiger partial charge in [0.2, 0.25) is 5.88 Å². The van der Waals surface area contributed by atoms with Crippen LogP contribution in [0.5, 0.6) is 5.88 Å². The van der Waals surface area contributed by atoms with Gasteiger partial charge in [-0.1, -0.05) is 0 Å². The topological polar surface area (TPSA) is 76.3 Å². The predicted octanol–water partition coefficient (Wildman–Crippen LogP) is 2.61. The van der Waals surface area contributed by atoms with Crippen molar-refractivity contribution in [3.8, 4) is 5.88 Å². The van der Waals surface area contributed by atoms with Crippen LogP contribution < -0.4 is 0 Å². The number of hydrogen-bond donors (Lipinski definition) is 1. The van der Waals surface area contributed by atoms with Gasteiger partial charge in [-0.3, -0.25) is 10.1 Å². The molecular formula is C9H5BrN2O3. The van der Waals surface area contributed by atoms with Gasteiger partial charge in [0.1, 0.15) is 0 Å². The van der Waals surface area contributed by atoms with Crippen molar-refractivity contribution in [1.29, 1.82) is 0 Å². The summed E-state index contributed by atoms with van der Waals surface area (Å²) in [5.41, 5.74) is 0.517. The number of hydrogen-bond acceptors (Lipinski definition) is 4. The molecule has 0 amide bonds. The van der Waals surface area contributed by atoms with E-state index < -0.39 is 4.92 Å². The molecule has 0 unspecified atom stereocenters. The van der Waals surface area contributed by atoms with Gasteiger partial charge in [0.25, 0.3) is 5.69 Å². The minimum atomic E-state index is -0.472. The van der Waals surface area contributed by atoms with Crippen LogP contribution in [0.2, 0.25) is 0 Å². The van der Waals surface area contributed by atoms with E-state index in [2.05, 4.69) is 20.9 Å². The maximum Gasteiger partial charge on any atom is 0.270 e. The zero-order valence-electron chi connectivity index (χ0n) is 7.35. The van der Waals surface area contributed by atoms with E-state index in [0.717, 1.165) is 0 Å². The van der Waals surface area contributed by atoms with Crippen molar-refractivity contribution in [3.05, 3.63) is 38.9 Å². The van der Waals surface area contributed by atoms with Gasteiger partial charge >= 0.3 is 0 Å². The molecule has 0 saturated carbocycles. The number of aromatic nitrogens is 1. The van der Waals surface area contributed by atoms with Gasteiger partial charge in [0.15, 0.2) is 0 Å². The number of non-ortho nitro benzene ring substituents is 1. The van der Waals surface area contributed by atoms with Crippen molar-refractivity contribution >= 4 is 32.5 Å². The van der Waals surface area contributed by atoms with E-state index >= 15 is 0 Å². The third-order valence-electron chi connectivity index (χ3n) is 1.94. The maximum atomic E-state index is 10.5. The van der Waals surface area contributed by atoms with Crippen molar-refractivity contribution in [2.45, 2.75) is 0 Å². The number of benzene rings is 1. The Kier molecular flexibility index (Phi) is 2.28. The molecule has 5 nitrogen and oxygen atoms in total. The normalized spacial score (nSPS) is 10.5. The fourth-order valence-corrected chi connectivity index (χ4v) is 1.58. The lowest BCUT2D eigenvalue weighted by atomic mass is 10.2. The fraction of sp³-hybridized carbons (Fsp3) is 0. The molecule has 6 heteroatoms. The average Bonchev–Trinajstić information content (AvgIpc) is 2.19. The van der Waals surface area contributed by atoms with Crippen molar-refractivity contribution in [2.24, 2.45) is 0 Å². The molecule has 76 valence electrons. The molecule has 0 saturated heterocycles. The summed E-state index contributed by atoms with van der Waals surface area (Å²) in [7, 11) is 0. The summed E-state index contributed by atoms with van der Waals surface area (Å²) in [5, 5.41) is 20.4. The lowest BCUT2D eigenvalue weighted by Crippen LogP contribution is -1.88. The molecule has 1 heterocycles. The first-order valence-electron chi connectivity index (χ1n) is 4.01. The van der Waals surface area contributed by atoms with Crippen molar-refractivity contribution in [1.82, 2.24) is 4.98 Å². The SMILES string of the molecule is O=[N+]([O-])c1ccc2nc(O)c(Br)cc2c1. The molecule has 1 aromatic carbocycles. The Balaban J connectivity index is 2.72. The number of halogens is 1. The van der Waals surface area contributed by atoms with E-state index in [9.17, 15) is 15.2 Å². The third kappa shape index (κ3) is 1.75. The minimum Gasteiger partial charge on any atom is -0.492 e. The van der Waals surface area contributed by atoms with E-state index in [0.29, 0.717) is 15.4 Å². The second kappa shape index (κ2) is 3.47. The first-order valence-corrected chi connectivity index (χ1v) is 4.81. The number of nitro groups is 1. The van der Waals surface area contributed by atoms with Crippen LogP contribution in [0.25, 0.3) is 10.9 Å². The van der Waals surface area contributed by atoms with Crippen LogP contribution in [0, 0.1) is 10.1 Å². The predicted molar refractivity (Wildman–Crippen MR) is 57.8 cm³/mol. The Morgan fingerprint density at radius 1 is 1.40 bits per heavy atom. The fourth-order valence-electron chi connectivity index (χ4n) is 1.24. The lowest BCUT2D eigenvalue weighted by Gasteiger charge is -2.00. The molecule has 0 aliphatic carbocycles. The third-order valence-corrected chi connectivity index (χ3v) is 2.53. The Labute approximate surface area is 92.6 Å². The van der Waals surface area contributed by atoms with E-state index in [1.807, 2.05) is 0 Å². The highest BCUT2D eigenvalue weighted by Gasteiger charge is 2.08. The standard InChI is InChI=1S/C9H5BrN2O3/c10-7-4-5-3-6(12(14)15)1-2-8(5)11-9(7)13/h1-4H,(H,11,13). The molecule has 2 aromatic rings. The molecule has 0 fully saturated rings. The monoisotopic (exact) mass is 268 g/mol. The highest BCUT2D eigenvalue weighted by Crippen LogP contribution is 2.27. The van der Waals surface area contributed by atoms with E-state index in [1.165, 1.54) is 18.2 Å². The van der Waals surface area contributed by atoms with Crippen molar-refractivity contribution in [2.75, 3.05) is 0 Å². The quantitative estimate of drug-likeness (QED) is 0.637. The Hall–Kier alpha value is -1.69.